The summed E-state index contributed by atoms with van der Waals surface area (Å²) in [5, 5.41) is 2.32. The summed E-state index contributed by atoms with van der Waals surface area (Å²) in [6.45, 7) is 0.847. The molecule has 3 aliphatic rings. The third-order valence-electron chi connectivity index (χ3n) is 5.78. The monoisotopic (exact) mass is 456 g/mol. The number of fused-ring (bicyclic) bond motifs is 2. The zero-order valence-corrected chi connectivity index (χ0v) is 18.4. The van der Waals surface area contributed by atoms with E-state index >= 15 is 0 Å². The Labute approximate surface area is 186 Å². The van der Waals surface area contributed by atoms with Gasteiger partial charge >= 0.3 is 6.03 Å². The van der Waals surface area contributed by atoms with E-state index in [9.17, 15) is 22.8 Å². The fourth-order valence-corrected chi connectivity index (χ4v) is 5.68. The average Bonchev–Trinajstić information content (AvgIpc) is 3.44. The highest BCUT2D eigenvalue weighted by Gasteiger charge is 2.30. The van der Waals surface area contributed by atoms with Gasteiger partial charge in [0.05, 0.1) is 5.25 Å². The molecule has 1 aromatic carbocycles. The van der Waals surface area contributed by atoms with E-state index in [0.717, 1.165) is 44.2 Å². The van der Waals surface area contributed by atoms with Crippen molar-refractivity contribution in [3.8, 4) is 0 Å². The summed E-state index contributed by atoms with van der Waals surface area (Å²) in [7, 11) is -3.67. The second-order valence-electron chi connectivity index (χ2n) is 7.73. The summed E-state index contributed by atoms with van der Waals surface area (Å²) in [6, 6.07) is 1.65. The maximum Gasteiger partial charge on any atom is 0.332 e. The van der Waals surface area contributed by atoms with E-state index < -0.39 is 21.3 Å². The van der Waals surface area contributed by atoms with Crippen LogP contribution in [0.2, 0.25) is 0 Å². The third-order valence-corrected chi connectivity index (χ3v) is 7.60. The summed E-state index contributed by atoms with van der Waals surface area (Å²) in [5.41, 5.74) is 11.4. The highest BCUT2D eigenvalue weighted by Crippen LogP contribution is 2.38. The lowest BCUT2D eigenvalue weighted by Crippen LogP contribution is -2.43. The molecule has 0 bridgehead atoms. The third kappa shape index (κ3) is 5.77. The van der Waals surface area contributed by atoms with Crippen molar-refractivity contribution in [3.05, 3.63) is 45.5 Å². The van der Waals surface area contributed by atoms with Crippen LogP contribution in [-0.2, 0) is 50.0 Å². The molecule has 32 heavy (non-hydrogen) atoms. The second kappa shape index (κ2) is 11.0. The van der Waals surface area contributed by atoms with Gasteiger partial charge in [0, 0.05) is 36.1 Å². The van der Waals surface area contributed by atoms with Crippen LogP contribution in [0.15, 0.2) is 23.3 Å². The number of carbonyl (C=O) groups excluding carboxylic acids is 3. The predicted octanol–water partition coefficient (Wildman–Crippen LogP) is 1.97. The second-order valence-corrected chi connectivity index (χ2v) is 9.69. The number of rotatable bonds is 3. The van der Waals surface area contributed by atoms with Crippen LogP contribution < -0.4 is 10.0 Å². The molecule has 0 spiro atoms. The summed E-state index contributed by atoms with van der Waals surface area (Å²) in [6.07, 6.45) is 7.02. The molecule has 0 atom stereocenters. The molecular weight excluding hydrogens is 432 g/mol. The van der Waals surface area contributed by atoms with Crippen molar-refractivity contribution in [1.29, 1.82) is 0 Å². The van der Waals surface area contributed by atoms with Gasteiger partial charge in [-0.2, -0.15) is 0 Å². The average molecular weight is 457 g/mol. The molecule has 0 saturated carbocycles. The zero-order chi connectivity index (χ0) is 23.0. The van der Waals surface area contributed by atoms with Crippen molar-refractivity contribution >= 4 is 33.6 Å². The molecule has 0 radical (unpaired) electrons. The zero-order valence-electron chi connectivity index (χ0n) is 17.6. The number of anilines is 1. The van der Waals surface area contributed by atoms with Crippen molar-refractivity contribution in [2.75, 3.05) is 18.5 Å². The van der Waals surface area contributed by atoms with Crippen LogP contribution in [0.3, 0.4) is 0 Å². The molecule has 1 heterocycles. The number of aryl methyl sites for hydroxylation is 2. The fraction of sp³-hybridized carbons (Fsp3) is 0.478. The molecule has 2 amide bonds. The topological polar surface area (TPSA) is 119 Å². The standard InChI is InChI=1S/C18H24N2O4S.C5O2/c21-18(20-25(22,23)14-7-9-24-10-8-14)19-17-15-5-1-3-12(15)11-13-4-2-6-16(13)17;6-4-2-1-3-5-7/h11,14H,1-10H2,(H2,19,20,21);. The number of hydrogen-bond donors (Lipinski definition) is 2. The van der Waals surface area contributed by atoms with Crippen LogP contribution in [0.25, 0.3) is 0 Å². The highest BCUT2D eigenvalue weighted by molar-refractivity contribution is 7.90. The normalized spacial score (nSPS) is 16.5. The van der Waals surface area contributed by atoms with Gasteiger partial charge in [0.25, 0.3) is 0 Å². The van der Waals surface area contributed by atoms with Crippen LogP contribution in [0.1, 0.15) is 47.9 Å². The van der Waals surface area contributed by atoms with Gasteiger partial charge in [-0.05, 0) is 73.6 Å². The summed E-state index contributed by atoms with van der Waals surface area (Å²) in [5.74, 6) is 2.50. The minimum atomic E-state index is -3.67. The number of urea groups is 1. The SMILES string of the molecule is O=C(Nc1c2c(cc3c1CCC3)CCC2)NS(=O)(=O)C1CCOCC1.O=C=C=C=C=C=O. The summed E-state index contributed by atoms with van der Waals surface area (Å²) < 4.78 is 32.3. The molecule has 1 aliphatic heterocycles. The van der Waals surface area contributed by atoms with Gasteiger partial charge in [-0.1, -0.05) is 6.07 Å². The Morgan fingerprint density at radius 1 is 0.906 bits per heavy atom. The Morgan fingerprint density at radius 2 is 1.47 bits per heavy atom. The van der Waals surface area contributed by atoms with Crippen LogP contribution in [0.5, 0.6) is 0 Å². The molecule has 168 valence electrons. The quantitative estimate of drug-likeness (QED) is 0.530. The van der Waals surface area contributed by atoms with E-state index in [1.807, 2.05) is 17.2 Å². The van der Waals surface area contributed by atoms with Gasteiger partial charge in [-0.15, -0.1) is 0 Å². The number of benzene rings is 1. The first-order valence-electron chi connectivity index (χ1n) is 10.5. The lowest BCUT2D eigenvalue weighted by Gasteiger charge is -2.23. The Hall–Kier alpha value is -3.10. The molecule has 8 nitrogen and oxygen atoms in total. The van der Waals surface area contributed by atoms with Gasteiger partial charge in [-0.3, -0.25) is 0 Å². The smallest absolute Gasteiger partial charge is 0.332 e. The number of carbonyl (C=O) groups is 1. The number of amides is 2. The van der Waals surface area contributed by atoms with Gasteiger partial charge in [0.2, 0.25) is 10.0 Å². The summed E-state index contributed by atoms with van der Waals surface area (Å²) in [4.78, 5) is 30.9. The van der Waals surface area contributed by atoms with E-state index in [4.69, 9.17) is 4.74 Å². The number of hydrogen-bond acceptors (Lipinski definition) is 6. The highest BCUT2D eigenvalue weighted by atomic mass is 32.2. The maximum absolute atomic E-state index is 12.4. The lowest BCUT2D eigenvalue weighted by molar-refractivity contribution is 0.0982. The van der Waals surface area contributed by atoms with E-state index in [0.29, 0.717) is 26.1 Å². The summed E-state index contributed by atoms with van der Waals surface area (Å²) >= 11 is 0. The van der Waals surface area contributed by atoms with Gasteiger partial charge in [0.15, 0.2) is 11.9 Å². The fourth-order valence-electron chi connectivity index (χ4n) is 4.39. The van der Waals surface area contributed by atoms with E-state index in [1.54, 1.807) is 0 Å². The molecule has 0 unspecified atom stereocenters. The Balaban J connectivity index is 0.000000360. The molecule has 1 aromatic rings. The Kier molecular flexibility index (Phi) is 8.08. The van der Waals surface area contributed by atoms with E-state index in [1.165, 1.54) is 34.1 Å². The molecule has 2 aliphatic carbocycles. The molecular formula is C23H24N2O6S. The largest absolute Gasteiger partial charge is 0.381 e. The van der Waals surface area contributed by atoms with Crippen LogP contribution >= 0.6 is 0 Å². The number of ether oxygens (including phenoxy) is 1. The molecule has 0 aromatic heterocycles. The van der Waals surface area contributed by atoms with Crippen LogP contribution in [0, 0.1) is 0 Å². The molecule has 4 rings (SSSR count). The molecule has 1 saturated heterocycles. The van der Waals surface area contributed by atoms with E-state index in [-0.39, 0.29) is 0 Å². The van der Waals surface area contributed by atoms with Gasteiger partial charge in [-0.25, -0.2) is 27.5 Å². The van der Waals surface area contributed by atoms with Crippen molar-refractivity contribution in [3.63, 3.8) is 0 Å². The first kappa shape index (κ1) is 23.6. The van der Waals surface area contributed by atoms with Crippen molar-refractivity contribution in [2.45, 2.75) is 56.6 Å². The van der Waals surface area contributed by atoms with Crippen molar-refractivity contribution in [2.24, 2.45) is 0 Å². The first-order chi connectivity index (χ1) is 15.5. The molecule has 9 heteroatoms. The molecule has 2 N–H and O–H groups in total. The molecule has 1 fully saturated rings. The van der Waals surface area contributed by atoms with Crippen molar-refractivity contribution in [1.82, 2.24) is 4.72 Å². The van der Waals surface area contributed by atoms with Gasteiger partial charge in [0.1, 0.15) is 0 Å². The first-order valence-corrected chi connectivity index (χ1v) is 12.1. The number of sulfonamides is 1. The minimum absolute atomic E-state index is 0.424. The van der Waals surface area contributed by atoms with Crippen molar-refractivity contribution < 1.29 is 27.5 Å². The van der Waals surface area contributed by atoms with E-state index in [2.05, 4.69) is 16.1 Å². The Morgan fingerprint density at radius 3 is 2.00 bits per heavy atom. The maximum atomic E-state index is 12.4. The number of nitrogens with one attached hydrogen (secondary N) is 2. The lowest BCUT2D eigenvalue weighted by atomic mass is 9.99. The van der Waals surface area contributed by atoms with Crippen LogP contribution in [-0.4, -0.2) is 44.8 Å². The van der Waals surface area contributed by atoms with Crippen LogP contribution in [0.4, 0.5) is 10.5 Å². The Bertz CT molecular complexity index is 1120. The minimum Gasteiger partial charge on any atom is -0.381 e. The predicted molar refractivity (Wildman–Crippen MR) is 117 cm³/mol. The van der Waals surface area contributed by atoms with Gasteiger partial charge < -0.3 is 10.1 Å².